The fourth-order valence-electron chi connectivity index (χ4n) is 1.10. The molecule has 13 heavy (non-hydrogen) atoms. The number of rotatable bonds is 1. The smallest absolute Gasteiger partial charge is 0.0882 e. The van der Waals surface area contributed by atoms with Gasteiger partial charge < -0.3 is 4.55 Å². The molecule has 0 saturated heterocycles. The first-order valence-corrected chi connectivity index (χ1v) is 4.64. The largest absolute Gasteiger partial charge is 0.768 e. The zero-order valence-corrected chi connectivity index (χ0v) is 7.32. The molecule has 0 aliphatic carbocycles. The molecule has 0 fully saturated rings. The van der Waals surface area contributed by atoms with Gasteiger partial charge >= 0.3 is 0 Å². The van der Waals surface area contributed by atoms with Gasteiger partial charge in [0.2, 0.25) is 0 Å². The minimum absolute atomic E-state index is 0.137. The van der Waals surface area contributed by atoms with Gasteiger partial charge in [0.15, 0.2) is 0 Å². The normalized spacial score (nSPS) is 13.0. The van der Waals surface area contributed by atoms with Gasteiger partial charge in [-0.25, -0.2) is 0 Å². The maximum absolute atomic E-state index is 10.7. The van der Waals surface area contributed by atoms with Crippen LogP contribution in [0.2, 0.25) is 0 Å². The van der Waals surface area contributed by atoms with Crippen molar-refractivity contribution in [2.45, 2.75) is 4.90 Å². The van der Waals surface area contributed by atoms with Crippen molar-refractivity contribution in [3.05, 3.63) is 30.7 Å². The van der Waals surface area contributed by atoms with E-state index in [1.807, 2.05) is 0 Å². The molecule has 4 nitrogen and oxygen atoms in total. The summed E-state index contributed by atoms with van der Waals surface area (Å²) in [6.45, 7) is 0. The Morgan fingerprint density at radius 3 is 3.00 bits per heavy atom. The van der Waals surface area contributed by atoms with Crippen LogP contribution in [-0.2, 0) is 11.1 Å². The second-order valence-corrected chi connectivity index (χ2v) is 3.36. The Kier molecular flexibility index (Phi) is 2.03. The lowest BCUT2D eigenvalue weighted by atomic mass is 10.3. The molecule has 2 aromatic rings. The lowest BCUT2D eigenvalue weighted by Crippen LogP contribution is -1.93. The van der Waals surface area contributed by atoms with Gasteiger partial charge in [0.25, 0.3) is 0 Å². The second kappa shape index (κ2) is 3.20. The zero-order valence-electron chi connectivity index (χ0n) is 6.51. The maximum atomic E-state index is 10.7. The van der Waals surface area contributed by atoms with Crippen molar-refractivity contribution in [1.29, 1.82) is 0 Å². The summed E-state index contributed by atoms with van der Waals surface area (Å²) in [5.74, 6) is 0. The molecule has 0 bridgehead atoms. The van der Waals surface area contributed by atoms with Gasteiger partial charge in [-0.1, -0.05) is 0 Å². The highest BCUT2D eigenvalue weighted by Gasteiger charge is 2.01. The lowest BCUT2D eigenvalue weighted by Gasteiger charge is -2.06. The third-order valence-electron chi connectivity index (χ3n) is 1.66. The molecule has 66 valence electrons. The van der Waals surface area contributed by atoms with Gasteiger partial charge in [0.1, 0.15) is 0 Å². The number of fused-ring (bicyclic) bond motifs is 1. The minimum Gasteiger partial charge on any atom is -0.768 e. The fourth-order valence-corrected chi connectivity index (χ4v) is 1.57. The Morgan fingerprint density at radius 2 is 2.23 bits per heavy atom. The van der Waals surface area contributed by atoms with Crippen LogP contribution in [0, 0.1) is 0 Å². The van der Waals surface area contributed by atoms with E-state index < -0.39 is 11.1 Å². The van der Waals surface area contributed by atoms with Gasteiger partial charge in [-0.05, 0) is 23.2 Å². The molecule has 0 aromatic carbocycles. The summed E-state index contributed by atoms with van der Waals surface area (Å²) in [6, 6.07) is 3.51. The highest BCUT2D eigenvalue weighted by Crippen LogP contribution is 2.16. The zero-order chi connectivity index (χ0) is 9.26. The summed E-state index contributed by atoms with van der Waals surface area (Å²) in [5, 5.41) is 0.726. The van der Waals surface area contributed by atoms with Crippen LogP contribution in [0.3, 0.4) is 0 Å². The summed E-state index contributed by atoms with van der Waals surface area (Å²) in [6.07, 6.45) is 4.43. The molecule has 2 rings (SSSR count). The molecule has 2 heterocycles. The molecular weight excluding hydrogens is 188 g/mol. The van der Waals surface area contributed by atoms with Crippen molar-refractivity contribution < 1.29 is 8.76 Å². The van der Waals surface area contributed by atoms with E-state index in [1.165, 1.54) is 6.20 Å². The van der Waals surface area contributed by atoms with Crippen LogP contribution in [0.4, 0.5) is 0 Å². The molecular formula is C8H5N2O2S-. The predicted molar refractivity (Wildman–Crippen MR) is 46.7 cm³/mol. The number of pyridine rings is 2. The van der Waals surface area contributed by atoms with Crippen LogP contribution >= 0.6 is 0 Å². The van der Waals surface area contributed by atoms with Crippen LogP contribution in [0.25, 0.3) is 10.9 Å². The summed E-state index contributed by atoms with van der Waals surface area (Å²) in [5.41, 5.74) is 0.464. The molecule has 0 N–H and O–H groups in total. The van der Waals surface area contributed by atoms with Gasteiger partial charge in [-0.3, -0.25) is 14.2 Å². The first kappa shape index (κ1) is 8.28. The topological polar surface area (TPSA) is 65.9 Å². The first-order valence-electron chi connectivity index (χ1n) is 3.57. The van der Waals surface area contributed by atoms with Gasteiger partial charge in [0.05, 0.1) is 10.4 Å². The molecule has 1 atom stereocenters. The van der Waals surface area contributed by atoms with Crippen LogP contribution < -0.4 is 0 Å². The first-order chi connectivity index (χ1) is 6.29. The predicted octanol–water partition coefficient (Wildman–Crippen LogP) is 0.868. The van der Waals surface area contributed by atoms with Crippen molar-refractivity contribution in [2.75, 3.05) is 0 Å². The summed E-state index contributed by atoms with van der Waals surface area (Å²) in [4.78, 5) is 7.91. The molecule has 0 saturated carbocycles. The molecule has 0 spiro atoms. The SMILES string of the molecule is O=S([O-])c1cncc2cccnc12. The number of aromatic nitrogens is 2. The van der Waals surface area contributed by atoms with Gasteiger partial charge in [0, 0.05) is 24.0 Å². The van der Waals surface area contributed by atoms with E-state index in [0.29, 0.717) is 5.52 Å². The lowest BCUT2D eigenvalue weighted by molar-refractivity contribution is 0.537. The van der Waals surface area contributed by atoms with Crippen molar-refractivity contribution in [1.82, 2.24) is 9.97 Å². The monoisotopic (exact) mass is 193 g/mol. The van der Waals surface area contributed by atoms with E-state index in [1.54, 1.807) is 24.5 Å². The molecule has 0 amide bonds. The van der Waals surface area contributed by atoms with Crippen molar-refractivity contribution in [2.24, 2.45) is 0 Å². The fraction of sp³-hybridized carbons (Fsp3) is 0. The van der Waals surface area contributed by atoms with Crippen molar-refractivity contribution >= 4 is 22.0 Å². The number of hydrogen-bond donors (Lipinski definition) is 0. The Morgan fingerprint density at radius 1 is 1.38 bits per heavy atom. The van der Waals surface area contributed by atoms with Crippen LogP contribution in [0.15, 0.2) is 35.6 Å². The molecule has 0 radical (unpaired) electrons. The summed E-state index contributed by atoms with van der Waals surface area (Å²) < 4.78 is 21.5. The molecule has 5 heteroatoms. The van der Waals surface area contributed by atoms with E-state index >= 15 is 0 Å². The number of nitrogens with zero attached hydrogens (tertiary/aromatic N) is 2. The van der Waals surface area contributed by atoms with E-state index in [4.69, 9.17) is 0 Å². The third-order valence-corrected chi connectivity index (χ3v) is 2.32. The average molecular weight is 193 g/mol. The molecule has 2 aromatic heterocycles. The quantitative estimate of drug-likeness (QED) is 0.630. The summed E-state index contributed by atoms with van der Waals surface area (Å²) >= 11 is -2.28. The minimum atomic E-state index is -2.28. The highest BCUT2D eigenvalue weighted by atomic mass is 32.2. The van der Waals surface area contributed by atoms with E-state index in [2.05, 4.69) is 9.97 Å². The maximum Gasteiger partial charge on any atom is 0.0882 e. The van der Waals surface area contributed by atoms with Crippen LogP contribution in [-0.4, -0.2) is 18.7 Å². The van der Waals surface area contributed by atoms with Crippen LogP contribution in [0.5, 0.6) is 0 Å². The van der Waals surface area contributed by atoms with Crippen LogP contribution in [0.1, 0.15) is 0 Å². The van der Waals surface area contributed by atoms with Gasteiger partial charge in [-0.2, -0.15) is 0 Å². The third kappa shape index (κ3) is 1.43. The molecule has 0 aliphatic rings. The Labute approximate surface area is 76.9 Å². The van der Waals surface area contributed by atoms with Crippen molar-refractivity contribution in [3.8, 4) is 0 Å². The Hall–Kier alpha value is -1.33. The van der Waals surface area contributed by atoms with E-state index in [-0.39, 0.29) is 4.90 Å². The number of hydrogen-bond acceptors (Lipinski definition) is 4. The Balaban J connectivity index is 2.83. The average Bonchev–Trinajstić information content (AvgIpc) is 2.17. The second-order valence-electron chi connectivity index (χ2n) is 2.45. The molecule has 1 unspecified atom stereocenters. The van der Waals surface area contributed by atoms with E-state index in [0.717, 1.165) is 5.39 Å². The molecule has 0 aliphatic heterocycles. The summed E-state index contributed by atoms with van der Waals surface area (Å²) in [7, 11) is 0. The van der Waals surface area contributed by atoms with Gasteiger partial charge in [-0.15, -0.1) is 0 Å². The highest BCUT2D eigenvalue weighted by molar-refractivity contribution is 7.79. The van der Waals surface area contributed by atoms with E-state index in [9.17, 15) is 8.76 Å². The van der Waals surface area contributed by atoms with Crippen molar-refractivity contribution in [3.63, 3.8) is 0 Å². The standard InChI is InChI=1S/C8H6N2O2S/c11-13(12)7-5-9-4-6-2-1-3-10-8(6)7/h1-5H,(H,11,12)/p-1. The Bertz CT molecular complexity index is 467.